The number of carbonyl (C=O) groups is 1. The second-order valence-electron chi connectivity index (χ2n) is 7.24. The standard InChI is InChI=1S/C19H24FN5O4S/c20-16-1-3-17(4-2-16)23-5-7-24(8-6-23)19(26)14-22-13-18(21-15-22)30(27,28)25-9-11-29-12-10-25/h1-4,13,15H,5-12,14H2. The predicted octanol–water partition coefficient (Wildman–Crippen LogP) is 0.392. The highest BCUT2D eigenvalue weighted by Gasteiger charge is 2.29. The Morgan fingerprint density at radius 3 is 2.37 bits per heavy atom. The molecule has 162 valence electrons. The Balaban J connectivity index is 1.33. The van der Waals surface area contributed by atoms with E-state index in [2.05, 4.69) is 9.88 Å². The molecule has 0 N–H and O–H groups in total. The van der Waals surface area contributed by atoms with E-state index in [1.165, 1.54) is 33.5 Å². The number of hydrogen-bond acceptors (Lipinski definition) is 6. The minimum Gasteiger partial charge on any atom is -0.379 e. The second-order valence-corrected chi connectivity index (χ2v) is 9.13. The number of sulfonamides is 1. The molecule has 2 saturated heterocycles. The van der Waals surface area contributed by atoms with E-state index in [9.17, 15) is 17.6 Å². The molecule has 2 fully saturated rings. The minimum atomic E-state index is -3.68. The van der Waals surface area contributed by atoms with Gasteiger partial charge >= 0.3 is 0 Å². The third-order valence-corrected chi connectivity index (χ3v) is 7.11. The Morgan fingerprint density at radius 1 is 1.03 bits per heavy atom. The van der Waals surface area contributed by atoms with E-state index in [1.807, 2.05) is 0 Å². The SMILES string of the molecule is O=C(Cn1cnc(S(=O)(=O)N2CCOCC2)c1)N1CCN(c2ccc(F)cc2)CC1. The minimum absolute atomic E-state index is 0.0299. The summed E-state index contributed by atoms with van der Waals surface area (Å²) in [5, 5.41) is -0.0571. The van der Waals surface area contributed by atoms with E-state index in [0.717, 1.165) is 5.69 Å². The molecule has 9 nitrogen and oxygen atoms in total. The monoisotopic (exact) mass is 437 g/mol. The molecule has 0 spiro atoms. The maximum atomic E-state index is 13.1. The topological polar surface area (TPSA) is 88.0 Å². The van der Waals surface area contributed by atoms with Crippen molar-refractivity contribution in [2.75, 3.05) is 57.4 Å². The predicted molar refractivity (Wildman–Crippen MR) is 107 cm³/mol. The normalized spacial score (nSPS) is 18.6. The molecule has 0 radical (unpaired) electrons. The smallest absolute Gasteiger partial charge is 0.262 e. The summed E-state index contributed by atoms with van der Waals surface area (Å²) in [6.45, 7) is 3.75. The first-order chi connectivity index (χ1) is 14.4. The Morgan fingerprint density at radius 2 is 1.70 bits per heavy atom. The van der Waals surface area contributed by atoms with Crippen LogP contribution < -0.4 is 4.90 Å². The van der Waals surface area contributed by atoms with Crippen molar-refractivity contribution in [2.24, 2.45) is 0 Å². The van der Waals surface area contributed by atoms with Crippen LogP contribution in [0.3, 0.4) is 0 Å². The fraction of sp³-hybridized carbons (Fsp3) is 0.474. The van der Waals surface area contributed by atoms with Gasteiger partial charge in [0.05, 0.1) is 19.5 Å². The van der Waals surface area contributed by atoms with Crippen molar-refractivity contribution in [3.05, 3.63) is 42.6 Å². The zero-order valence-electron chi connectivity index (χ0n) is 16.5. The van der Waals surface area contributed by atoms with Gasteiger partial charge in [-0.05, 0) is 24.3 Å². The van der Waals surface area contributed by atoms with Crippen LogP contribution in [0, 0.1) is 5.82 Å². The molecule has 0 bridgehead atoms. The van der Waals surface area contributed by atoms with Gasteiger partial charge in [-0.1, -0.05) is 0 Å². The number of ether oxygens (including phenoxy) is 1. The molecule has 0 atom stereocenters. The Hall–Kier alpha value is -2.50. The molecule has 1 aromatic carbocycles. The van der Waals surface area contributed by atoms with Crippen LogP contribution in [-0.2, 0) is 26.1 Å². The van der Waals surface area contributed by atoms with E-state index in [0.29, 0.717) is 52.5 Å². The van der Waals surface area contributed by atoms with E-state index < -0.39 is 10.0 Å². The summed E-state index contributed by atoms with van der Waals surface area (Å²) in [7, 11) is -3.68. The van der Waals surface area contributed by atoms with Crippen LogP contribution in [0.5, 0.6) is 0 Å². The summed E-state index contributed by atoms with van der Waals surface area (Å²) in [5.74, 6) is -0.371. The Labute approximate surface area is 174 Å². The summed E-state index contributed by atoms with van der Waals surface area (Å²) >= 11 is 0. The van der Waals surface area contributed by atoms with Crippen LogP contribution in [0.25, 0.3) is 0 Å². The van der Waals surface area contributed by atoms with Gasteiger partial charge in [0.2, 0.25) is 5.91 Å². The molecule has 2 aliphatic rings. The molecule has 3 heterocycles. The molecule has 11 heteroatoms. The summed E-state index contributed by atoms with van der Waals surface area (Å²) in [4.78, 5) is 20.5. The van der Waals surface area contributed by atoms with E-state index in [1.54, 1.807) is 17.0 Å². The van der Waals surface area contributed by atoms with E-state index >= 15 is 0 Å². The summed E-state index contributed by atoms with van der Waals surface area (Å²) < 4.78 is 46.4. The van der Waals surface area contributed by atoms with Crippen LogP contribution in [0.1, 0.15) is 0 Å². The number of piperazine rings is 1. The maximum absolute atomic E-state index is 13.1. The molecule has 0 saturated carbocycles. The van der Waals surface area contributed by atoms with Gasteiger partial charge in [-0.25, -0.2) is 17.8 Å². The zero-order chi connectivity index (χ0) is 21.1. The molecule has 2 aromatic rings. The van der Waals surface area contributed by atoms with Crippen molar-refractivity contribution in [3.8, 4) is 0 Å². The van der Waals surface area contributed by atoms with Crippen LogP contribution >= 0.6 is 0 Å². The quantitative estimate of drug-likeness (QED) is 0.673. The molecular formula is C19H24FN5O4S. The number of rotatable bonds is 5. The largest absolute Gasteiger partial charge is 0.379 e. The van der Waals surface area contributed by atoms with Crippen LogP contribution in [0.4, 0.5) is 10.1 Å². The molecule has 0 aliphatic carbocycles. The number of morpholine rings is 1. The van der Waals surface area contributed by atoms with Crippen molar-refractivity contribution in [3.63, 3.8) is 0 Å². The number of anilines is 1. The summed E-state index contributed by atoms with van der Waals surface area (Å²) in [5.41, 5.74) is 0.927. The molecule has 1 aromatic heterocycles. The zero-order valence-corrected chi connectivity index (χ0v) is 17.3. The lowest BCUT2D eigenvalue weighted by atomic mass is 10.2. The lowest BCUT2D eigenvalue weighted by Gasteiger charge is -2.36. The maximum Gasteiger partial charge on any atom is 0.262 e. The first-order valence-electron chi connectivity index (χ1n) is 9.81. The number of hydrogen-bond donors (Lipinski definition) is 0. The number of amides is 1. The van der Waals surface area contributed by atoms with Gasteiger partial charge in [-0.3, -0.25) is 4.79 Å². The lowest BCUT2D eigenvalue weighted by Crippen LogP contribution is -2.49. The van der Waals surface area contributed by atoms with Gasteiger partial charge in [0, 0.05) is 51.2 Å². The number of benzene rings is 1. The van der Waals surface area contributed by atoms with Crippen molar-refractivity contribution in [1.29, 1.82) is 0 Å². The van der Waals surface area contributed by atoms with Crippen molar-refractivity contribution >= 4 is 21.6 Å². The molecular weight excluding hydrogens is 413 g/mol. The van der Waals surface area contributed by atoms with Crippen LogP contribution in [0.2, 0.25) is 0 Å². The number of aromatic nitrogens is 2. The summed E-state index contributed by atoms with van der Waals surface area (Å²) in [6, 6.07) is 6.31. The fourth-order valence-electron chi connectivity index (χ4n) is 3.60. The average molecular weight is 437 g/mol. The van der Waals surface area contributed by atoms with Gasteiger partial charge < -0.3 is 19.1 Å². The van der Waals surface area contributed by atoms with Gasteiger partial charge in [-0.15, -0.1) is 0 Å². The van der Waals surface area contributed by atoms with Gasteiger partial charge in [-0.2, -0.15) is 4.31 Å². The highest BCUT2D eigenvalue weighted by Crippen LogP contribution is 2.18. The van der Waals surface area contributed by atoms with Crippen LogP contribution in [0.15, 0.2) is 41.8 Å². The van der Waals surface area contributed by atoms with Gasteiger partial charge in [0.25, 0.3) is 10.0 Å². The van der Waals surface area contributed by atoms with E-state index in [4.69, 9.17) is 4.74 Å². The third-order valence-electron chi connectivity index (χ3n) is 5.33. The van der Waals surface area contributed by atoms with Crippen molar-refractivity contribution < 1.29 is 22.3 Å². The summed E-state index contributed by atoms with van der Waals surface area (Å²) in [6.07, 6.45) is 2.78. The second kappa shape index (κ2) is 8.70. The fourth-order valence-corrected chi connectivity index (χ4v) is 4.94. The third kappa shape index (κ3) is 4.47. The van der Waals surface area contributed by atoms with Gasteiger partial charge in [0.1, 0.15) is 12.4 Å². The van der Waals surface area contributed by atoms with Gasteiger partial charge in [0.15, 0.2) is 5.03 Å². The first kappa shape index (κ1) is 20.8. The molecule has 30 heavy (non-hydrogen) atoms. The Bertz CT molecular complexity index is 981. The first-order valence-corrected chi connectivity index (χ1v) is 11.3. The van der Waals surface area contributed by atoms with E-state index in [-0.39, 0.29) is 23.3 Å². The van der Waals surface area contributed by atoms with Crippen molar-refractivity contribution in [1.82, 2.24) is 18.8 Å². The number of carbonyl (C=O) groups excluding carboxylic acids is 1. The molecule has 4 rings (SSSR count). The van der Waals surface area contributed by atoms with Crippen molar-refractivity contribution in [2.45, 2.75) is 11.6 Å². The molecule has 1 amide bonds. The molecule has 0 unspecified atom stereocenters. The lowest BCUT2D eigenvalue weighted by molar-refractivity contribution is -0.132. The Kier molecular flexibility index (Phi) is 6.02. The number of nitrogens with zero attached hydrogens (tertiary/aromatic N) is 5. The highest BCUT2D eigenvalue weighted by molar-refractivity contribution is 7.89. The number of halogens is 1. The molecule has 2 aliphatic heterocycles. The average Bonchev–Trinajstić information content (AvgIpc) is 3.24. The highest BCUT2D eigenvalue weighted by atomic mass is 32.2. The van der Waals surface area contributed by atoms with Crippen LogP contribution in [-0.4, -0.2) is 85.6 Å². The number of imidazole rings is 1.